The zero-order valence-corrected chi connectivity index (χ0v) is 19.8. The summed E-state index contributed by atoms with van der Waals surface area (Å²) in [6.45, 7) is 0. The third-order valence-corrected chi connectivity index (χ3v) is 6.95. The summed E-state index contributed by atoms with van der Waals surface area (Å²) in [4.78, 5) is 11.2. The van der Waals surface area contributed by atoms with E-state index in [1.165, 1.54) is 24.4 Å². The molecule has 4 rings (SSSR count). The minimum absolute atomic E-state index is 0.0182. The van der Waals surface area contributed by atoms with Crippen molar-refractivity contribution in [2.24, 2.45) is 15.3 Å². The summed E-state index contributed by atoms with van der Waals surface area (Å²) in [5.74, 6) is -1.98. The molecule has 0 saturated heterocycles. The lowest BCUT2D eigenvalue weighted by molar-refractivity contribution is -0.143. The number of aromatic nitrogens is 1. The first kappa shape index (κ1) is 26.6. The first-order valence-corrected chi connectivity index (χ1v) is 12.5. The Hall–Kier alpha value is -3.50. The number of halogens is 6. The molecule has 0 atom stereocenters. The molecule has 0 unspecified atom stereocenters. The van der Waals surface area contributed by atoms with Crippen LogP contribution < -0.4 is 20.6 Å². The maximum absolute atomic E-state index is 13.8. The lowest BCUT2D eigenvalue weighted by Gasteiger charge is -2.17. The number of rotatable bonds is 5. The number of aromatic hydroxyl groups is 1. The van der Waals surface area contributed by atoms with Gasteiger partial charge in [-0.3, -0.25) is 9.36 Å². The summed E-state index contributed by atoms with van der Waals surface area (Å²) in [6.07, 6.45) is -9.52. The van der Waals surface area contributed by atoms with E-state index in [9.17, 15) is 44.7 Å². The van der Waals surface area contributed by atoms with Gasteiger partial charge in [0, 0.05) is 12.0 Å². The lowest BCUT2D eigenvalue weighted by Crippen LogP contribution is -2.24. The molecule has 3 aromatic rings. The zero-order chi connectivity index (χ0) is 27.3. The van der Waals surface area contributed by atoms with E-state index in [1.807, 2.05) is 0 Å². The van der Waals surface area contributed by atoms with Crippen molar-refractivity contribution in [3.63, 3.8) is 0 Å². The van der Waals surface area contributed by atoms with Gasteiger partial charge in [-0.1, -0.05) is 23.5 Å². The second-order valence-electron chi connectivity index (χ2n) is 7.88. The van der Waals surface area contributed by atoms with Gasteiger partial charge in [-0.05, 0) is 40.6 Å². The molecule has 2 aromatic carbocycles. The highest BCUT2D eigenvalue weighted by Gasteiger charge is 2.38. The highest BCUT2D eigenvalue weighted by atomic mass is 32.2. The maximum atomic E-state index is 13.8. The van der Waals surface area contributed by atoms with Crippen LogP contribution in [0.3, 0.4) is 0 Å². The average Bonchev–Trinajstić information content (AvgIpc) is 3.34. The molecule has 37 heavy (non-hydrogen) atoms. The second kappa shape index (κ2) is 9.11. The predicted molar refractivity (Wildman–Crippen MR) is 121 cm³/mol. The molecule has 0 aliphatic carbocycles. The smallest absolute Gasteiger partial charge is 0.416 e. The number of sulfonamides is 1. The number of nitrogens with two attached hydrogens (primary N) is 1. The molecule has 0 saturated carbocycles. The van der Waals surface area contributed by atoms with Gasteiger partial charge in [0.25, 0.3) is 0 Å². The van der Waals surface area contributed by atoms with E-state index in [4.69, 9.17) is 5.14 Å². The van der Waals surface area contributed by atoms with Crippen LogP contribution >= 0.6 is 11.3 Å². The summed E-state index contributed by atoms with van der Waals surface area (Å²) in [5.41, 5.74) is -3.27. The van der Waals surface area contributed by atoms with E-state index in [0.717, 1.165) is 0 Å². The van der Waals surface area contributed by atoms with Crippen molar-refractivity contribution in [2.45, 2.75) is 24.7 Å². The first-order chi connectivity index (χ1) is 17.0. The fourth-order valence-corrected chi connectivity index (χ4v) is 5.28. The topological polar surface area (TPSA) is 127 Å². The van der Waals surface area contributed by atoms with Gasteiger partial charge < -0.3 is 5.11 Å². The number of fused-ring (bicyclic) bond motifs is 1. The average molecular weight is 564 g/mol. The quantitative estimate of drug-likeness (QED) is 0.461. The van der Waals surface area contributed by atoms with Crippen molar-refractivity contribution in [1.82, 2.24) is 4.57 Å². The predicted octanol–water partition coefficient (Wildman–Crippen LogP) is 2.31. The monoisotopic (exact) mass is 564 g/mol. The van der Waals surface area contributed by atoms with Gasteiger partial charge in [-0.15, -0.1) is 0 Å². The fourth-order valence-electron chi connectivity index (χ4n) is 3.65. The van der Waals surface area contributed by atoms with Crippen molar-refractivity contribution in [2.75, 3.05) is 0 Å². The number of primary sulfonamides is 1. The van der Waals surface area contributed by atoms with Gasteiger partial charge in [0.05, 0.1) is 27.6 Å². The minimum Gasteiger partial charge on any atom is -0.493 e. The molecule has 8 nitrogen and oxygen atoms in total. The fraction of sp³-hybridized carbons (Fsp3) is 0.190. The number of thiazole rings is 1. The highest BCUT2D eigenvalue weighted by Crippen LogP contribution is 2.39. The second-order valence-corrected chi connectivity index (χ2v) is 10.4. The van der Waals surface area contributed by atoms with Gasteiger partial charge >= 0.3 is 17.2 Å². The maximum Gasteiger partial charge on any atom is 0.416 e. The van der Waals surface area contributed by atoms with Crippen LogP contribution in [0.4, 0.5) is 26.3 Å². The van der Waals surface area contributed by atoms with E-state index in [-0.39, 0.29) is 21.7 Å². The number of benzene rings is 2. The van der Waals surface area contributed by atoms with Crippen LogP contribution in [-0.2, 0) is 34.7 Å². The minimum atomic E-state index is -5.17. The summed E-state index contributed by atoms with van der Waals surface area (Å²) < 4.78 is 104. The Morgan fingerprint density at radius 2 is 1.76 bits per heavy atom. The van der Waals surface area contributed by atoms with Crippen LogP contribution in [-0.4, -0.2) is 24.3 Å². The van der Waals surface area contributed by atoms with Crippen molar-refractivity contribution < 1.29 is 39.9 Å². The third-order valence-electron chi connectivity index (χ3n) is 5.30. The Bertz CT molecular complexity index is 1720. The highest BCUT2D eigenvalue weighted by molar-refractivity contribution is 7.88. The Kier molecular flexibility index (Phi) is 6.54. The van der Waals surface area contributed by atoms with Crippen LogP contribution in [0.15, 0.2) is 51.4 Å². The van der Waals surface area contributed by atoms with Gasteiger partial charge in [0.15, 0.2) is 0 Å². The molecule has 196 valence electrons. The first-order valence-electron chi connectivity index (χ1n) is 9.99. The molecule has 2 heterocycles. The van der Waals surface area contributed by atoms with Crippen molar-refractivity contribution >= 4 is 33.1 Å². The van der Waals surface area contributed by atoms with E-state index in [0.29, 0.717) is 39.0 Å². The molecule has 0 bridgehead atoms. The number of nitrogens with zero attached hydrogens (tertiary/aromatic N) is 3. The normalized spacial score (nSPS) is 14.5. The third kappa shape index (κ3) is 5.60. The van der Waals surface area contributed by atoms with Gasteiger partial charge in [0.2, 0.25) is 15.9 Å². The van der Waals surface area contributed by atoms with Gasteiger partial charge in [-0.25, -0.2) is 13.6 Å². The van der Waals surface area contributed by atoms with Gasteiger partial charge in [-0.2, -0.15) is 36.5 Å². The molecule has 3 N–H and O–H groups in total. The van der Waals surface area contributed by atoms with Crippen LogP contribution in [0.25, 0.3) is 5.57 Å². The molecule has 1 aromatic heterocycles. The van der Waals surface area contributed by atoms with E-state index >= 15 is 0 Å². The van der Waals surface area contributed by atoms with Crippen molar-refractivity contribution in [1.29, 1.82) is 0 Å². The Balaban J connectivity index is 1.98. The summed E-state index contributed by atoms with van der Waals surface area (Å²) >= 11 is 0.340. The number of hydrogen-bond acceptors (Lipinski definition) is 7. The molecule has 0 spiro atoms. The molecule has 1 aliphatic rings. The summed E-state index contributed by atoms with van der Waals surface area (Å²) in [5, 5.41) is 23.8. The van der Waals surface area contributed by atoms with Gasteiger partial charge in [0.1, 0.15) is 5.88 Å². The molecular formula is C21H14F6N4O4S2. The van der Waals surface area contributed by atoms with Crippen molar-refractivity contribution in [3.05, 3.63) is 83.8 Å². The van der Waals surface area contributed by atoms with E-state index < -0.39 is 62.1 Å². The Morgan fingerprint density at radius 1 is 1.05 bits per heavy atom. The van der Waals surface area contributed by atoms with Crippen LogP contribution in [0.1, 0.15) is 27.1 Å². The van der Waals surface area contributed by atoms with E-state index in [2.05, 4.69) is 10.2 Å². The van der Waals surface area contributed by atoms with E-state index in [1.54, 1.807) is 0 Å². The zero-order valence-electron chi connectivity index (χ0n) is 18.1. The number of hydrogen-bond donors (Lipinski definition) is 2. The Labute approximate surface area is 207 Å². The lowest BCUT2D eigenvalue weighted by atomic mass is 9.94. The largest absolute Gasteiger partial charge is 0.493 e. The molecule has 1 aliphatic heterocycles. The molecule has 0 amide bonds. The molecule has 16 heteroatoms. The molecular weight excluding hydrogens is 550 g/mol. The SMILES string of the molecule is NS(=O)(=O)Cn1c(O)c(C(Cc2ccc(C(F)(F)F)cc2C(F)(F)F)=c2ccc3c(c2)C=NN=3)sc1=O. The van der Waals surface area contributed by atoms with Crippen LogP contribution in [0.5, 0.6) is 5.88 Å². The molecule has 0 radical (unpaired) electrons. The van der Waals surface area contributed by atoms with Crippen LogP contribution in [0.2, 0.25) is 0 Å². The van der Waals surface area contributed by atoms with Crippen molar-refractivity contribution in [3.8, 4) is 5.88 Å². The Morgan fingerprint density at radius 3 is 2.38 bits per heavy atom. The summed E-state index contributed by atoms with van der Waals surface area (Å²) in [7, 11) is -4.30. The summed E-state index contributed by atoms with van der Waals surface area (Å²) in [6, 6.07) is 5.47. The standard InChI is InChI=1S/C21H14F6N4O4S2/c22-20(23,24)13-3-1-11(15(7-13)21(25,26)27)6-14(10-2-4-16-12(5-10)8-29-30-16)17-18(32)31(19(33)36-17)9-37(28,34)35/h1-5,7-8,32H,6,9H2,(H2,28,34,35). The number of alkyl halides is 6. The molecule has 0 fully saturated rings. The van der Waals surface area contributed by atoms with Crippen LogP contribution in [0, 0.1) is 0 Å².